The van der Waals surface area contributed by atoms with Crippen LogP contribution in [-0.4, -0.2) is 11.4 Å². The highest BCUT2D eigenvalue weighted by molar-refractivity contribution is 7.12. The summed E-state index contributed by atoms with van der Waals surface area (Å²) < 4.78 is 6.06. The SMILES string of the molecule is Cc1cccc(C)c1OCc1csc(C(=O)NC23CC4CC(CC(C4)C2)C3)c1. The van der Waals surface area contributed by atoms with E-state index in [1.165, 1.54) is 49.9 Å². The van der Waals surface area contributed by atoms with E-state index in [0.717, 1.165) is 45.1 Å². The fourth-order valence-corrected chi connectivity index (χ4v) is 7.11. The Kier molecular flexibility index (Phi) is 4.50. The lowest BCUT2D eigenvalue weighted by molar-refractivity contribution is -0.0166. The highest BCUT2D eigenvalue weighted by Gasteiger charge is 2.51. The molecule has 4 fully saturated rings. The van der Waals surface area contributed by atoms with E-state index in [0.29, 0.717) is 6.61 Å². The molecule has 28 heavy (non-hydrogen) atoms. The van der Waals surface area contributed by atoms with Crippen LogP contribution < -0.4 is 10.1 Å². The maximum Gasteiger partial charge on any atom is 0.261 e. The van der Waals surface area contributed by atoms with Gasteiger partial charge in [-0.25, -0.2) is 0 Å². The lowest BCUT2D eigenvalue weighted by Crippen LogP contribution is -2.59. The molecule has 1 amide bonds. The van der Waals surface area contributed by atoms with Gasteiger partial charge in [0.1, 0.15) is 12.4 Å². The van der Waals surface area contributed by atoms with Crippen LogP contribution in [0.4, 0.5) is 0 Å². The van der Waals surface area contributed by atoms with Gasteiger partial charge in [0, 0.05) is 11.1 Å². The molecule has 0 spiro atoms. The lowest BCUT2D eigenvalue weighted by Gasteiger charge is -2.56. The van der Waals surface area contributed by atoms with Gasteiger partial charge in [-0.05, 0) is 92.7 Å². The van der Waals surface area contributed by atoms with Crippen molar-refractivity contribution in [1.82, 2.24) is 5.32 Å². The Morgan fingerprint density at radius 3 is 2.32 bits per heavy atom. The van der Waals surface area contributed by atoms with E-state index in [2.05, 4.69) is 42.7 Å². The number of benzene rings is 1. The van der Waals surface area contributed by atoms with E-state index in [1.807, 2.05) is 6.07 Å². The second-order valence-electron chi connectivity index (χ2n) is 9.48. The van der Waals surface area contributed by atoms with E-state index in [-0.39, 0.29) is 11.4 Å². The summed E-state index contributed by atoms with van der Waals surface area (Å²) in [5.41, 5.74) is 3.44. The summed E-state index contributed by atoms with van der Waals surface area (Å²) in [6.07, 6.45) is 7.77. The van der Waals surface area contributed by atoms with Crippen LogP contribution in [0.3, 0.4) is 0 Å². The van der Waals surface area contributed by atoms with Crippen molar-refractivity contribution in [3.63, 3.8) is 0 Å². The molecule has 0 aliphatic heterocycles. The number of aryl methyl sites for hydroxylation is 2. The van der Waals surface area contributed by atoms with Crippen molar-refractivity contribution in [2.24, 2.45) is 17.8 Å². The zero-order chi connectivity index (χ0) is 19.3. The number of hydrogen-bond donors (Lipinski definition) is 1. The fourth-order valence-electron chi connectivity index (χ4n) is 6.32. The molecule has 1 aromatic carbocycles. The molecule has 2 aromatic rings. The second-order valence-corrected chi connectivity index (χ2v) is 10.4. The number of thiophene rings is 1. The Morgan fingerprint density at radius 1 is 1.11 bits per heavy atom. The molecule has 1 aromatic heterocycles. The Hall–Kier alpha value is -1.81. The molecule has 4 aliphatic carbocycles. The number of rotatable bonds is 5. The summed E-state index contributed by atoms with van der Waals surface area (Å²) in [4.78, 5) is 13.8. The number of amides is 1. The third kappa shape index (κ3) is 3.36. The minimum Gasteiger partial charge on any atom is -0.488 e. The van der Waals surface area contributed by atoms with Crippen LogP contribution in [0.25, 0.3) is 0 Å². The monoisotopic (exact) mass is 395 g/mol. The molecular weight excluding hydrogens is 366 g/mol. The van der Waals surface area contributed by atoms with Crippen molar-refractivity contribution in [2.45, 2.75) is 64.5 Å². The van der Waals surface area contributed by atoms with Gasteiger partial charge in [0.25, 0.3) is 5.91 Å². The van der Waals surface area contributed by atoms with Crippen LogP contribution in [0.2, 0.25) is 0 Å². The molecule has 1 N–H and O–H groups in total. The summed E-state index contributed by atoms with van der Waals surface area (Å²) in [6, 6.07) is 8.20. The van der Waals surface area contributed by atoms with Gasteiger partial charge in [-0.1, -0.05) is 18.2 Å². The summed E-state index contributed by atoms with van der Waals surface area (Å²) in [5, 5.41) is 5.53. The van der Waals surface area contributed by atoms with Gasteiger partial charge in [-0.2, -0.15) is 0 Å². The minimum atomic E-state index is 0.0742. The largest absolute Gasteiger partial charge is 0.488 e. The minimum absolute atomic E-state index is 0.0742. The topological polar surface area (TPSA) is 38.3 Å². The third-order valence-electron chi connectivity index (χ3n) is 7.09. The first-order chi connectivity index (χ1) is 13.5. The van der Waals surface area contributed by atoms with E-state index in [9.17, 15) is 4.79 Å². The number of carbonyl (C=O) groups is 1. The maximum absolute atomic E-state index is 13.0. The van der Waals surface area contributed by atoms with Gasteiger partial charge in [-0.3, -0.25) is 4.79 Å². The van der Waals surface area contributed by atoms with Gasteiger partial charge in [0.05, 0.1) is 4.88 Å². The van der Waals surface area contributed by atoms with Crippen molar-refractivity contribution in [1.29, 1.82) is 0 Å². The highest BCUT2D eigenvalue weighted by Crippen LogP contribution is 2.55. The standard InChI is InChI=1S/C24H29NO2S/c1-15-4-3-5-16(2)22(15)27-13-20-9-21(28-14-20)23(26)25-24-10-17-6-18(11-24)8-19(7-17)12-24/h3-5,9,14,17-19H,6-8,10-13H2,1-2H3,(H,25,26). The highest BCUT2D eigenvalue weighted by atomic mass is 32.1. The van der Waals surface area contributed by atoms with Crippen LogP contribution in [0, 0.1) is 31.6 Å². The van der Waals surface area contributed by atoms with Gasteiger partial charge >= 0.3 is 0 Å². The average Bonchev–Trinajstić information content (AvgIpc) is 3.09. The second kappa shape index (κ2) is 6.91. The van der Waals surface area contributed by atoms with Crippen LogP contribution >= 0.6 is 11.3 Å². The van der Waals surface area contributed by atoms with Crippen molar-refractivity contribution in [3.05, 3.63) is 51.2 Å². The van der Waals surface area contributed by atoms with Gasteiger partial charge in [-0.15, -0.1) is 11.3 Å². The summed E-state index contributed by atoms with van der Waals surface area (Å²) in [6.45, 7) is 4.65. The van der Waals surface area contributed by atoms with E-state index in [4.69, 9.17) is 4.74 Å². The van der Waals surface area contributed by atoms with Crippen LogP contribution in [0.15, 0.2) is 29.6 Å². The Bertz CT molecular complexity index is 844. The predicted molar refractivity (Wildman–Crippen MR) is 113 cm³/mol. The van der Waals surface area contributed by atoms with Crippen molar-refractivity contribution in [2.75, 3.05) is 0 Å². The zero-order valence-corrected chi connectivity index (χ0v) is 17.6. The van der Waals surface area contributed by atoms with Crippen LogP contribution in [-0.2, 0) is 6.61 Å². The lowest BCUT2D eigenvalue weighted by atomic mass is 9.53. The molecule has 4 saturated carbocycles. The Labute approximate surface area is 171 Å². The van der Waals surface area contributed by atoms with Gasteiger partial charge in [0.15, 0.2) is 0 Å². The van der Waals surface area contributed by atoms with Gasteiger partial charge < -0.3 is 10.1 Å². The first-order valence-corrected chi connectivity index (χ1v) is 11.5. The normalized spacial score (nSPS) is 30.4. The smallest absolute Gasteiger partial charge is 0.261 e. The summed E-state index contributed by atoms with van der Waals surface area (Å²) >= 11 is 1.54. The molecule has 0 atom stereocenters. The molecule has 4 heteroatoms. The molecule has 3 nitrogen and oxygen atoms in total. The summed E-state index contributed by atoms with van der Waals surface area (Å²) in [5.74, 6) is 3.60. The summed E-state index contributed by atoms with van der Waals surface area (Å²) in [7, 11) is 0. The molecule has 148 valence electrons. The Balaban J connectivity index is 1.24. The van der Waals surface area contributed by atoms with Crippen molar-refractivity contribution < 1.29 is 9.53 Å². The number of ether oxygens (including phenoxy) is 1. The molecule has 0 unspecified atom stereocenters. The van der Waals surface area contributed by atoms with E-state index >= 15 is 0 Å². The van der Waals surface area contributed by atoms with E-state index < -0.39 is 0 Å². The van der Waals surface area contributed by atoms with Crippen LogP contribution in [0.1, 0.15) is 64.9 Å². The van der Waals surface area contributed by atoms with Crippen LogP contribution in [0.5, 0.6) is 5.75 Å². The molecule has 0 radical (unpaired) electrons. The maximum atomic E-state index is 13.0. The molecular formula is C24H29NO2S. The first-order valence-electron chi connectivity index (χ1n) is 10.6. The predicted octanol–water partition coefficient (Wildman–Crippen LogP) is 5.64. The molecule has 4 aliphatic rings. The van der Waals surface area contributed by atoms with Gasteiger partial charge in [0.2, 0.25) is 0 Å². The first kappa shape index (κ1) is 18.2. The zero-order valence-electron chi connectivity index (χ0n) is 16.8. The molecule has 1 heterocycles. The van der Waals surface area contributed by atoms with E-state index in [1.54, 1.807) is 0 Å². The average molecular weight is 396 g/mol. The molecule has 4 bridgehead atoms. The number of nitrogens with one attached hydrogen (secondary N) is 1. The van der Waals surface area contributed by atoms with Crippen molar-refractivity contribution in [3.8, 4) is 5.75 Å². The number of carbonyl (C=O) groups excluding carboxylic acids is 1. The fraction of sp³-hybridized carbons (Fsp3) is 0.542. The number of para-hydroxylation sites is 1. The molecule has 0 saturated heterocycles. The van der Waals surface area contributed by atoms with Crippen molar-refractivity contribution >= 4 is 17.2 Å². The Morgan fingerprint density at radius 2 is 1.71 bits per heavy atom. The quantitative estimate of drug-likeness (QED) is 0.711. The number of hydrogen-bond acceptors (Lipinski definition) is 3. The third-order valence-corrected chi connectivity index (χ3v) is 8.06. The molecule has 6 rings (SSSR count).